The smallest absolute Gasteiger partial charge is 0.227 e. The highest BCUT2D eigenvalue weighted by Crippen LogP contribution is 2.32. The normalized spacial score (nSPS) is 14.2. The van der Waals surface area contributed by atoms with E-state index in [1.165, 1.54) is 6.42 Å². The SMILES string of the molecule is O=C(Nc1cncc(-c2cc3c(-c4nc5c(-c6ccccn6)cncc5[nH]4)n[nH]c3cn2)c1)C1CCCCC1. The summed E-state index contributed by atoms with van der Waals surface area (Å²) in [6.45, 7) is 0. The lowest BCUT2D eigenvalue weighted by molar-refractivity contribution is -0.120. The van der Waals surface area contributed by atoms with E-state index in [1.807, 2.05) is 30.3 Å². The van der Waals surface area contributed by atoms with Gasteiger partial charge >= 0.3 is 0 Å². The Hall–Kier alpha value is -4.99. The molecule has 0 saturated heterocycles. The number of amides is 1. The van der Waals surface area contributed by atoms with Crippen molar-refractivity contribution in [1.82, 2.24) is 40.1 Å². The van der Waals surface area contributed by atoms with Gasteiger partial charge in [-0.2, -0.15) is 5.10 Å². The molecule has 7 rings (SSSR count). The van der Waals surface area contributed by atoms with Crippen molar-refractivity contribution >= 4 is 33.5 Å². The maximum Gasteiger partial charge on any atom is 0.227 e. The molecular weight excluding hydrogens is 490 g/mol. The lowest BCUT2D eigenvalue weighted by Gasteiger charge is -2.20. The number of imidazole rings is 1. The fourth-order valence-corrected chi connectivity index (χ4v) is 5.27. The van der Waals surface area contributed by atoms with Crippen molar-refractivity contribution in [3.63, 3.8) is 0 Å². The Morgan fingerprint density at radius 2 is 1.79 bits per heavy atom. The molecular formula is C29H25N9O. The standard InChI is InChI=1S/C29H25N9O/c39-29(17-6-2-1-3-7-17)34-19-10-18(12-30-13-19)23-11-20-24(16-33-23)37-38-27(20)28-35-25-15-31-14-21(26(25)36-28)22-8-4-5-9-32-22/h4-5,8-17H,1-3,6-7H2,(H,34,39)(H,35,36)(H,37,38). The van der Waals surface area contributed by atoms with Crippen molar-refractivity contribution in [2.24, 2.45) is 5.92 Å². The monoisotopic (exact) mass is 515 g/mol. The molecule has 1 saturated carbocycles. The van der Waals surface area contributed by atoms with Crippen LogP contribution in [0.5, 0.6) is 0 Å². The van der Waals surface area contributed by atoms with Crippen LogP contribution in [-0.2, 0) is 4.79 Å². The fourth-order valence-electron chi connectivity index (χ4n) is 5.27. The number of aromatic nitrogens is 8. The molecule has 10 heteroatoms. The molecule has 10 nitrogen and oxygen atoms in total. The van der Waals surface area contributed by atoms with Gasteiger partial charge in [0.15, 0.2) is 5.82 Å². The second-order valence-corrected chi connectivity index (χ2v) is 9.86. The Labute approximate surface area is 223 Å². The minimum absolute atomic E-state index is 0.0682. The highest BCUT2D eigenvalue weighted by Gasteiger charge is 2.21. The molecule has 0 aliphatic heterocycles. The number of H-pyrrole nitrogens is 2. The van der Waals surface area contributed by atoms with Crippen LogP contribution in [0.15, 0.2) is 67.5 Å². The third kappa shape index (κ3) is 4.39. The van der Waals surface area contributed by atoms with Gasteiger partial charge in [-0.1, -0.05) is 25.3 Å². The summed E-state index contributed by atoms with van der Waals surface area (Å²) in [5, 5.41) is 11.5. The van der Waals surface area contributed by atoms with Crippen molar-refractivity contribution in [3.8, 4) is 34.0 Å². The number of aromatic amines is 2. The molecule has 39 heavy (non-hydrogen) atoms. The van der Waals surface area contributed by atoms with Gasteiger partial charge < -0.3 is 10.3 Å². The van der Waals surface area contributed by atoms with Crippen molar-refractivity contribution in [2.75, 3.05) is 5.32 Å². The van der Waals surface area contributed by atoms with E-state index in [0.29, 0.717) is 17.2 Å². The van der Waals surface area contributed by atoms with Crippen LogP contribution in [-0.4, -0.2) is 46.0 Å². The van der Waals surface area contributed by atoms with Gasteiger partial charge in [0, 0.05) is 41.0 Å². The van der Waals surface area contributed by atoms with Crippen molar-refractivity contribution in [3.05, 3.63) is 67.5 Å². The van der Waals surface area contributed by atoms with Gasteiger partial charge in [-0.3, -0.25) is 29.8 Å². The topological polar surface area (TPSA) is 138 Å². The molecule has 1 fully saturated rings. The van der Waals surface area contributed by atoms with E-state index >= 15 is 0 Å². The van der Waals surface area contributed by atoms with Gasteiger partial charge in [0.2, 0.25) is 5.91 Å². The Morgan fingerprint density at radius 3 is 2.67 bits per heavy atom. The summed E-state index contributed by atoms with van der Waals surface area (Å²) in [6.07, 6.45) is 15.8. The van der Waals surface area contributed by atoms with Crippen LogP contribution >= 0.6 is 0 Å². The second-order valence-electron chi connectivity index (χ2n) is 9.86. The first-order chi connectivity index (χ1) is 19.2. The van der Waals surface area contributed by atoms with E-state index in [-0.39, 0.29) is 11.8 Å². The highest BCUT2D eigenvalue weighted by atomic mass is 16.1. The molecule has 0 aromatic carbocycles. The third-order valence-electron chi connectivity index (χ3n) is 7.28. The van der Waals surface area contributed by atoms with Crippen molar-refractivity contribution in [2.45, 2.75) is 32.1 Å². The number of nitrogens with zero attached hydrogens (tertiary/aromatic N) is 6. The predicted molar refractivity (Wildman–Crippen MR) is 148 cm³/mol. The van der Waals surface area contributed by atoms with Crippen LogP contribution < -0.4 is 5.32 Å². The minimum Gasteiger partial charge on any atom is -0.335 e. The predicted octanol–water partition coefficient (Wildman–Crippen LogP) is 5.54. The summed E-state index contributed by atoms with van der Waals surface area (Å²) in [5.74, 6) is 0.756. The molecule has 6 aromatic rings. The zero-order chi connectivity index (χ0) is 26.2. The van der Waals surface area contributed by atoms with Crippen LogP contribution in [0.4, 0.5) is 5.69 Å². The summed E-state index contributed by atoms with van der Waals surface area (Å²) >= 11 is 0. The van der Waals surface area contributed by atoms with Crippen LogP contribution in [0.25, 0.3) is 56.0 Å². The highest BCUT2D eigenvalue weighted by molar-refractivity contribution is 5.97. The largest absolute Gasteiger partial charge is 0.335 e. The minimum atomic E-state index is 0.0682. The molecule has 1 amide bonds. The van der Waals surface area contributed by atoms with Crippen LogP contribution in [0, 0.1) is 5.92 Å². The molecule has 0 spiro atoms. The zero-order valence-corrected chi connectivity index (χ0v) is 21.1. The number of hydrogen-bond donors (Lipinski definition) is 3. The Kier molecular flexibility index (Phi) is 5.77. The maximum absolute atomic E-state index is 12.8. The molecule has 0 atom stereocenters. The van der Waals surface area contributed by atoms with Crippen molar-refractivity contribution < 1.29 is 4.79 Å². The number of fused-ring (bicyclic) bond motifs is 2. The van der Waals surface area contributed by atoms with Crippen molar-refractivity contribution in [1.29, 1.82) is 0 Å². The van der Waals surface area contributed by atoms with E-state index in [4.69, 9.17) is 4.98 Å². The van der Waals surface area contributed by atoms with Crippen LogP contribution in [0.1, 0.15) is 32.1 Å². The summed E-state index contributed by atoms with van der Waals surface area (Å²) < 4.78 is 0. The van der Waals surface area contributed by atoms with Gasteiger partial charge in [-0.15, -0.1) is 0 Å². The average molecular weight is 516 g/mol. The number of rotatable bonds is 5. The van der Waals surface area contributed by atoms with Gasteiger partial charge in [0.1, 0.15) is 11.2 Å². The molecule has 0 bridgehead atoms. The van der Waals surface area contributed by atoms with Gasteiger partial charge in [0.05, 0.1) is 46.7 Å². The fraction of sp³-hybridized carbons (Fsp3) is 0.207. The summed E-state index contributed by atoms with van der Waals surface area (Å²) in [6, 6.07) is 9.63. The average Bonchev–Trinajstić information content (AvgIpc) is 3.62. The zero-order valence-electron chi connectivity index (χ0n) is 21.1. The summed E-state index contributed by atoms with van der Waals surface area (Å²) in [5.41, 5.74) is 6.86. The quantitative estimate of drug-likeness (QED) is 0.274. The lowest BCUT2D eigenvalue weighted by Crippen LogP contribution is -2.24. The van der Waals surface area contributed by atoms with Crippen LogP contribution in [0.2, 0.25) is 0 Å². The Bertz CT molecular complexity index is 1800. The number of hydrogen-bond acceptors (Lipinski definition) is 7. The molecule has 192 valence electrons. The maximum atomic E-state index is 12.8. The molecule has 1 aliphatic rings. The number of pyridine rings is 4. The van der Waals surface area contributed by atoms with E-state index < -0.39 is 0 Å². The molecule has 0 unspecified atom stereocenters. The number of carbonyl (C=O) groups excluding carboxylic acids is 1. The summed E-state index contributed by atoms with van der Waals surface area (Å²) in [4.78, 5) is 38.8. The van der Waals surface area contributed by atoms with Gasteiger partial charge in [-0.25, -0.2) is 4.98 Å². The number of carbonyl (C=O) groups is 1. The van der Waals surface area contributed by atoms with E-state index in [1.54, 1.807) is 37.2 Å². The van der Waals surface area contributed by atoms with Crippen LogP contribution in [0.3, 0.4) is 0 Å². The first-order valence-corrected chi connectivity index (χ1v) is 13.1. The number of anilines is 1. The van der Waals surface area contributed by atoms with E-state index in [2.05, 4.69) is 40.4 Å². The Balaban J connectivity index is 1.23. The Morgan fingerprint density at radius 1 is 0.897 bits per heavy atom. The van der Waals surface area contributed by atoms with Gasteiger partial charge in [-0.05, 0) is 37.1 Å². The molecule has 6 aromatic heterocycles. The van der Waals surface area contributed by atoms with E-state index in [9.17, 15) is 4.79 Å². The first kappa shape index (κ1) is 23.2. The van der Waals surface area contributed by atoms with E-state index in [0.717, 1.165) is 70.1 Å². The lowest BCUT2D eigenvalue weighted by atomic mass is 9.88. The summed E-state index contributed by atoms with van der Waals surface area (Å²) in [7, 11) is 0. The molecule has 3 N–H and O–H groups in total. The third-order valence-corrected chi connectivity index (χ3v) is 7.28. The van der Waals surface area contributed by atoms with Gasteiger partial charge in [0.25, 0.3) is 0 Å². The second kappa shape index (κ2) is 9.71. The molecule has 6 heterocycles. The first-order valence-electron chi connectivity index (χ1n) is 13.1. The molecule has 0 radical (unpaired) electrons. The number of nitrogens with one attached hydrogen (secondary N) is 3. The molecule has 1 aliphatic carbocycles.